The van der Waals surface area contributed by atoms with Crippen molar-refractivity contribution in [3.05, 3.63) is 62.0 Å². The summed E-state index contributed by atoms with van der Waals surface area (Å²) < 4.78 is 11.3. The van der Waals surface area contributed by atoms with Gasteiger partial charge in [-0.25, -0.2) is 0 Å². The van der Waals surface area contributed by atoms with Crippen molar-refractivity contribution < 1.29 is 14.3 Å². The number of hydrogen-bond acceptors (Lipinski definition) is 3. The first-order valence-electron chi connectivity index (χ1n) is 7.14. The quantitative estimate of drug-likeness (QED) is 0.644. The van der Waals surface area contributed by atoms with Gasteiger partial charge >= 0.3 is 0 Å². The molecule has 0 saturated heterocycles. The van der Waals surface area contributed by atoms with Crippen LogP contribution >= 0.6 is 39.1 Å². The Kier molecular flexibility index (Phi) is 7.37. The van der Waals surface area contributed by atoms with Gasteiger partial charge in [-0.2, -0.15) is 0 Å². The van der Waals surface area contributed by atoms with Crippen LogP contribution in [0.1, 0.15) is 15.9 Å². The number of ether oxygens (including phenoxy) is 2. The van der Waals surface area contributed by atoms with Gasteiger partial charge in [0.1, 0.15) is 12.4 Å². The number of hydrogen-bond donors (Lipinski definition) is 1. The summed E-state index contributed by atoms with van der Waals surface area (Å²) in [6.45, 7) is 1.20. The second kappa shape index (κ2) is 9.28. The molecule has 0 fully saturated rings. The summed E-state index contributed by atoms with van der Waals surface area (Å²) in [6, 6.07) is 10.8. The molecule has 0 saturated carbocycles. The molecule has 1 amide bonds. The van der Waals surface area contributed by atoms with Gasteiger partial charge in [-0.05, 0) is 29.8 Å². The number of carbonyl (C=O) groups excluding carboxylic acids is 1. The first kappa shape index (κ1) is 19.1. The summed E-state index contributed by atoms with van der Waals surface area (Å²) in [7, 11) is 1.59. The minimum atomic E-state index is -0.337. The van der Waals surface area contributed by atoms with Gasteiger partial charge in [0, 0.05) is 18.1 Å². The fourth-order valence-electron chi connectivity index (χ4n) is 1.97. The zero-order valence-electron chi connectivity index (χ0n) is 12.9. The average molecular weight is 433 g/mol. The lowest BCUT2D eigenvalue weighted by Gasteiger charge is -2.12. The van der Waals surface area contributed by atoms with Crippen LogP contribution in [0.25, 0.3) is 0 Å². The topological polar surface area (TPSA) is 47.6 Å². The van der Waals surface area contributed by atoms with Crippen molar-refractivity contribution in [3.8, 4) is 5.75 Å². The molecule has 4 nitrogen and oxygen atoms in total. The van der Waals surface area contributed by atoms with Gasteiger partial charge in [0.15, 0.2) is 0 Å². The van der Waals surface area contributed by atoms with Crippen molar-refractivity contribution in [1.29, 1.82) is 0 Å². The smallest absolute Gasteiger partial charge is 0.254 e. The van der Waals surface area contributed by atoms with Crippen LogP contribution in [0.3, 0.4) is 0 Å². The Morgan fingerprint density at radius 2 is 1.75 bits per heavy atom. The Labute approximate surface area is 159 Å². The van der Waals surface area contributed by atoms with E-state index in [4.69, 9.17) is 32.7 Å². The number of rotatable bonds is 7. The van der Waals surface area contributed by atoms with Crippen molar-refractivity contribution >= 4 is 45.0 Å². The molecule has 128 valence electrons. The Morgan fingerprint density at radius 3 is 2.33 bits per heavy atom. The van der Waals surface area contributed by atoms with Crippen LogP contribution in [-0.4, -0.2) is 26.2 Å². The molecule has 24 heavy (non-hydrogen) atoms. The molecule has 0 aromatic heterocycles. The number of benzene rings is 2. The maximum atomic E-state index is 12.3. The van der Waals surface area contributed by atoms with Crippen LogP contribution < -0.4 is 10.1 Å². The van der Waals surface area contributed by atoms with E-state index in [0.29, 0.717) is 25.5 Å². The molecule has 0 bridgehead atoms. The third-order valence-corrected chi connectivity index (χ3v) is 4.29. The molecule has 0 radical (unpaired) electrons. The number of methoxy groups -OCH3 is 1. The highest BCUT2D eigenvalue weighted by atomic mass is 79.9. The van der Waals surface area contributed by atoms with E-state index >= 15 is 0 Å². The second-order valence-corrected chi connectivity index (χ2v) is 6.64. The highest BCUT2D eigenvalue weighted by Gasteiger charge is 2.16. The summed E-state index contributed by atoms with van der Waals surface area (Å²) in [5.74, 6) is 0.155. The molecular weight excluding hydrogens is 417 g/mol. The molecule has 7 heteroatoms. The van der Waals surface area contributed by atoms with Gasteiger partial charge in [0.2, 0.25) is 0 Å². The average Bonchev–Trinajstić information content (AvgIpc) is 2.54. The maximum absolute atomic E-state index is 12.3. The Bertz CT molecular complexity index is 684. The fraction of sp³-hybridized carbons (Fsp3) is 0.235. The zero-order valence-corrected chi connectivity index (χ0v) is 16.0. The standard InChI is InChI=1S/C17H16BrCl2NO3/c1-23-6-7-24-13-8-14(19)16(15(20)9-13)17(22)21-10-11-2-4-12(18)5-3-11/h2-5,8-9H,6-7,10H2,1H3,(H,21,22). The van der Waals surface area contributed by atoms with Crippen LogP contribution in [0, 0.1) is 0 Å². The van der Waals surface area contributed by atoms with Crippen LogP contribution in [0.2, 0.25) is 10.0 Å². The number of nitrogens with one attached hydrogen (secondary N) is 1. The number of amides is 1. The molecule has 0 aliphatic carbocycles. The Morgan fingerprint density at radius 1 is 1.12 bits per heavy atom. The second-order valence-electron chi connectivity index (χ2n) is 4.91. The van der Waals surface area contributed by atoms with Crippen molar-refractivity contribution in [1.82, 2.24) is 5.32 Å². The van der Waals surface area contributed by atoms with Crippen molar-refractivity contribution in [3.63, 3.8) is 0 Å². The highest BCUT2D eigenvalue weighted by Crippen LogP contribution is 2.30. The van der Waals surface area contributed by atoms with E-state index in [1.54, 1.807) is 19.2 Å². The molecule has 0 heterocycles. The summed E-state index contributed by atoms with van der Waals surface area (Å²) in [6.07, 6.45) is 0. The Balaban J connectivity index is 2.04. The van der Waals surface area contributed by atoms with Crippen molar-refractivity contribution in [2.24, 2.45) is 0 Å². The van der Waals surface area contributed by atoms with E-state index in [1.807, 2.05) is 24.3 Å². The fourth-order valence-corrected chi connectivity index (χ4v) is 2.87. The van der Waals surface area contributed by atoms with E-state index in [2.05, 4.69) is 21.2 Å². The van der Waals surface area contributed by atoms with E-state index in [1.165, 1.54) is 0 Å². The molecule has 0 atom stereocenters. The summed E-state index contributed by atoms with van der Waals surface area (Å²) in [4.78, 5) is 12.3. The molecule has 2 rings (SSSR count). The normalized spacial score (nSPS) is 10.5. The molecule has 0 aliphatic heterocycles. The predicted octanol–water partition coefficient (Wildman–Crippen LogP) is 4.71. The molecule has 0 unspecified atom stereocenters. The van der Waals surface area contributed by atoms with Crippen LogP contribution in [0.5, 0.6) is 5.75 Å². The lowest BCUT2D eigenvalue weighted by atomic mass is 10.2. The number of carbonyl (C=O) groups is 1. The monoisotopic (exact) mass is 431 g/mol. The van der Waals surface area contributed by atoms with Gasteiger partial charge in [-0.1, -0.05) is 51.3 Å². The minimum absolute atomic E-state index is 0.231. The highest BCUT2D eigenvalue weighted by molar-refractivity contribution is 9.10. The van der Waals surface area contributed by atoms with Gasteiger partial charge in [0.25, 0.3) is 5.91 Å². The third-order valence-electron chi connectivity index (χ3n) is 3.17. The van der Waals surface area contributed by atoms with E-state index in [0.717, 1.165) is 10.0 Å². The molecule has 0 aliphatic rings. The molecular formula is C17H16BrCl2NO3. The minimum Gasteiger partial charge on any atom is -0.491 e. The van der Waals surface area contributed by atoms with Crippen LogP contribution in [-0.2, 0) is 11.3 Å². The first-order valence-corrected chi connectivity index (χ1v) is 8.69. The Hall–Kier alpha value is -1.27. The maximum Gasteiger partial charge on any atom is 0.254 e. The van der Waals surface area contributed by atoms with Gasteiger partial charge in [0.05, 0.1) is 22.2 Å². The van der Waals surface area contributed by atoms with Gasteiger partial charge in [-0.15, -0.1) is 0 Å². The lowest BCUT2D eigenvalue weighted by molar-refractivity contribution is 0.0951. The molecule has 0 spiro atoms. The van der Waals surface area contributed by atoms with E-state index in [9.17, 15) is 4.79 Å². The van der Waals surface area contributed by atoms with E-state index < -0.39 is 0 Å². The molecule has 1 N–H and O–H groups in total. The summed E-state index contributed by atoms with van der Waals surface area (Å²) >= 11 is 15.7. The van der Waals surface area contributed by atoms with Gasteiger partial charge in [-0.3, -0.25) is 4.79 Å². The third kappa shape index (κ3) is 5.38. The molecule has 2 aromatic carbocycles. The van der Waals surface area contributed by atoms with Crippen LogP contribution in [0.4, 0.5) is 0 Å². The lowest BCUT2D eigenvalue weighted by Crippen LogP contribution is -2.23. The van der Waals surface area contributed by atoms with Crippen molar-refractivity contribution in [2.45, 2.75) is 6.54 Å². The van der Waals surface area contributed by atoms with Crippen LogP contribution in [0.15, 0.2) is 40.9 Å². The molecule has 2 aromatic rings. The van der Waals surface area contributed by atoms with Crippen molar-refractivity contribution in [2.75, 3.05) is 20.3 Å². The first-order chi connectivity index (χ1) is 11.5. The van der Waals surface area contributed by atoms with E-state index in [-0.39, 0.29) is 21.5 Å². The number of halogens is 3. The predicted molar refractivity (Wildman–Crippen MR) is 99.1 cm³/mol. The largest absolute Gasteiger partial charge is 0.491 e. The van der Waals surface area contributed by atoms with Gasteiger partial charge < -0.3 is 14.8 Å². The zero-order chi connectivity index (χ0) is 17.5. The summed E-state index contributed by atoms with van der Waals surface area (Å²) in [5.41, 5.74) is 1.20. The SMILES string of the molecule is COCCOc1cc(Cl)c(C(=O)NCc2ccc(Br)cc2)c(Cl)c1. The summed E-state index contributed by atoms with van der Waals surface area (Å²) in [5, 5.41) is 3.28.